The van der Waals surface area contributed by atoms with Gasteiger partial charge in [-0.05, 0) is 39.3 Å². The first-order valence-corrected chi connectivity index (χ1v) is 17.2. The van der Waals surface area contributed by atoms with Crippen molar-refractivity contribution in [1.29, 1.82) is 0 Å². The van der Waals surface area contributed by atoms with Gasteiger partial charge in [-0.1, -0.05) is 30.3 Å². The molecule has 9 heteroatoms. The first-order chi connectivity index (χ1) is 9.43. The van der Waals surface area contributed by atoms with E-state index in [1.807, 2.05) is 56.5 Å². The molecule has 1 heterocycles. The van der Waals surface area contributed by atoms with Gasteiger partial charge in [0.2, 0.25) is 0 Å². The van der Waals surface area contributed by atoms with E-state index in [9.17, 15) is 4.80 Å². The summed E-state index contributed by atoms with van der Waals surface area (Å²) in [5, 5.41) is 0.893. The molecule has 5 nitrogen and oxygen atoms in total. The molecule has 1 saturated heterocycles. The highest BCUT2D eigenvalue weighted by atomic mass is 28.6. The van der Waals surface area contributed by atoms with Gasteiger partial charge in [0.05, 0.1) is 0 Å². The molecule has 2 rings (SSSR count). The normalized spacial score (nSPS) is 23.8. The van der Waals surface area contributed by atoms with Gasteiger partial charge in [0.15, 0.2) is 0 Å². The third kappa shape index (κ3) is 4.43. The van der Waals surface area contributed by atoms with Crippen LogP contribution in [0.4, 0.5) is 0 Å². The summed E-state index contributed by atoms with van der Waals surface area (Å²) in [5.74, 6) is 0. The zero-order valence-electron chi connectivity index (χ0n) is 13.5. The van der Waals surface area contributed by atoms with Crippen LogP contribution in [0.5, 0.6) is 0 Å². The molecule has 0 bridgehead atoms. The van der Waals surface area contributed by atoms with E-state index in [1.54, 1.807) is 13.1 Å². The third-order valence-electron chi connectivity index (χ3n) is 2.76. The summed E-state index contributed by atoms with van der Waals surface area (Å²) in [7, 11) is -10.7. The average molecular weight is 361 g/mol. The molecule has 1 aliphatic rings. The minimum atomic E-state index is -3.15. The molecule has 0 saturated carbocycles. The summed E-state index contributed by atoms with van der Waals surface area (Å²) >= 11 is 0. The van der Waals surface area contributed by atoms with Gasteiger partial charge in [-0.2, -0.15) is 0 Å². The first kappa shape index (κ1) is 17.2. The Morgan fingerprint density at radius 2 is 1.38 bits per heavy atom. The second kappa shape index (κ2) is 5.51. The van der Waals surface area contributed by atoms with Crippen molar-refractivity contribution < 1.29 is 21.3 Å². The summed E-state index contributed by atoms with van der Waals surface area (Å²) in [5.41, 5.74) is 0. The molecule has 0 amide bonds. The first-order valence-electron chi connectivity index (χ1n) is 7.02. The summed E-state index contributed by atoms with van der Waals surface area (Å²) in [6, 6.07) is 9.71. The quantitative estimate of drug-likeness (QED) is 0.836. The Hall–Kier alpha value is -0.112. The van der Waals surface area contributed by atoms with Crippen LogP contribution in [0, 0.1) is 0 Å². The lowest BCUT2D eigenvalue weighted by molar-refractivity contribution is 0.166. The van der Waals surface area contributed by atoms with Crippen LogP contribution in [0.15, 0.2) is 30.3 Å². The number of benzene rings is 1. The Labute approximate surface area is 130 Å². The van der Waals surface area contributed by atoms with Gasteiger partial charge in [0.25, 0.3) is 0 Å². The fourth-order valence-corrected chi connectivity index (χ4v) is 19.8. The molecule has 0 radical (unpaired) electrons. The van der Waals surface area contributed by atoms with Crippen molar-refractivity contribution in [3.8, 4) is 0 Å². The monoisotopic (exact) mass is 360 g/mol. The average Bonchev–Trinajstić information content (AvgIpc) is 2.23. The second-order valence-electron chi connectivity index (χ2n) is 6.58. The minimum Gasteiger partial charge on any atom is -0.416 e. The van der Waals surface area contributed by atoms with Gasteiger partial charge >= 0.3 is 34.5 Å². The Balaban J connectivity index is 2.51. The number of hydrogen-bond donors (Lipinski definition) is 1. The standard InChI is InChI=1S/C12H24O5Si4/c1-18(2,13)14-21(12-10-8-7-9-11-12)16-19(3,4)15-20(5,6)17-21/h7-11,13H,1-6H3. The molecular formula is C12H24O5Si4. The molecule has 0 atom stereocenters. The molecule has 21 heavy (non-hydrogen) atoms. The predicted molar refractivity (Wildman–Crippen MR) is 90.8 cm³/mol. The molecule has 0 aliphatic carbocycles. The number of hydrogen-bond acceptors (Lipinski definition) is 5. The summed E-state index contributed by atoms with van der Waals surface area (Å²) in [6.45, 7) is 11.5. The Morgan fingerprint density at radius 3 is 1.81 bits per heavy atom. The highest BCUT2D eigenvalue weighted by Crippen LogP contribution is 2.32. The zero-order chi connectivity index (χ0) is 15.9. The molecule has 1 aliphatic heterocycles. The highest BCUT2D eigenvalue weighted by molar-refractivity contribution is 6.98. The number of rotatable bonds is 3. The van der Waals surface area contributed by atoms with Crippen molar-refractivity contribution in [2.75, 3.05) is 0 Å². The molecule has 1 aromatic carbocycles. The molecule has 1 aromatic rings. The lowest BCUT2D eigenvalue weighted by atomic mass is 10.4. The lowest BCUT2D eigenvalue weighted by Gasteiger charge is -2.49. The van der Waals surface area contributed by atoms with Crippen LogP contribution in [0.2, 0.25) is 39.3 Å². The van der Waals surface area contributed by atoms with Gasteiger partial charge in [-0.3, -0.25) is 0 Å². The maximum Gasteiger partial charge on any atom is 0.510 e. The van der Waals surface area contributed by atoms with E-state index in [0.717, 1.165) is 5.19 Å². The van der Waals surface area contributed by atoms with Crippen LogP contribution in [-0.2, 0) is 16.5 Å². The van der Waals surface area contributed by atoms with E-state index in [0.29, 0.717) is 0 Å². The Bertz CT molecular complexity index is 479. The van der Waals surface area contributed by atoms with Gasteiger partial charge in [0.1, 0.15) is 0 Å². The van der Waals surface area contributed by atoms with Crippen LogP contribution in [0.3, 0.4) is 0 Å². The van der Waals surface area contributed by atoms with Crippen LogP contribution < -0.4 is 5.19 Å². The van der Waals surface area contributed by atoms with Crippen molar-refractivity contribution in [2.24, 2.45) is 0 Å². The highest BCUT2D eigenvalue weighted by Gasteiger charge is 2.60. The fourth-order valence-electron chi connectivity index (χ4n) is 2.49. The fraction of sp³-hybridized carbons (Fsp3) is 0.500. The van der Waals surface area contributed by atoms with Crippen LogP contribution >= 0.6 is 0 Å². The molecule has 1 fully saturated rings. The van der Waals surface area contributed by atoms with Crippen LogP contribution in [-0.4, -0.2) is 39.3 Å². The lowest BCUT2D eigenvalue weighted by Crippen LogP contribution is -2.74. The SMILES string of the molecule is C[Si](C)(O)O[Si]1(c2ccccc2)O[Si](C)(C)O[Si](C)(C)O1. The van der Waals surface area contributed by atoms with E-state index < -0.39 is 34.5 Å². The van der Waals surface area contributed by atoms with Crippen LogP contribution in [0.1, 0.15) is 0 Å². The summed E-state index contributed by atoms with van der Waals surface area (Å²) in [6.07, 6.45) is 0. The maximum absolute atomic E-state index is 10.3. The van der Waals surface area contributed by atoms with E-state index in [1.165, 1.54) is 0 Å². The summed E-state index contributed by atoms with van der Waals surface area (Å²) < 4.78 is 24.7. The topological polar surface area (TPSA) is 57.2 Å². The molecule has 0 aromatic heterocycles. The maximum atomic E-state index is 10.3. The predicted octanol–water partition coefficient (Wildman–Crippen LogP) is 2.01. The molecule has 0 spiro atoms. The second-order valence-corrected chi connectivity index (χ2v) is 20.0. The van der Waals surface area contributed by atoms with Crippen molar-refractivity contribution in [1.82, 2.24) is 0 Å². The van der Waals surface area contributed by atoms with Crippen molar-refractivity contribution in [3.05, 3.63) is 30.3 Å². The van der Waals surface area contributed by atoms with Gasteiger partial charge in [0, 0.05) is 5.19 Å². The van der Waals surface area contributed by atoms with E-state index in [2.05, 4.69) is 0 Å². The smallest absolute Gasteiger partial charge is 0.416 e. The summed E-state index contributed by atoms with van der Waals surface area (Å²) in [4.78, 5) is 10.3. The van der Waals surface area contributed by atoms with Crippen LogP contribution in [0.25, 0.3) is 0 Å². The Kier molecular flexibility index (Phi) is 4.52. The van der Waals surface area contributed by atoms with Gasteiger partial charge in [-0.25, -0.2) is 0 Å². The van der Waals surface area contributed by atoms with Crippen molar-refractivity contribution in [3.63, 3.8) is 0 Å². The van der Waals surface area contributed by atoms with E-state index in [-0.39, 0.29) is 0 Å². The minimum absolute atomic E-state index is 0.893. The molecule has 0 unspecified atom stereocenters. The van der Waals surface area contributed by atoms with Crippen molar-refractivity contribution in [2.45, 2.75) is 39.3 Å². The third-order valence-corrected chi connectivity index (χ3v) is 16.9. The van der Waals surface area contributed by atoms with E-state index in [4.69, 9.17) is 16.5 Å². The molecular weight excluding hydrogens is 336 g/mol. The Morgan fingerprint density at radius 1 is 0.905 bits per heavy atom. The molecule has 118 valence electrons. The molecule has 1 N–H and O–H groups in total. The largest absolute Gasteiger partial charge is 0.510 e. The van der Waals surface area contributed by atoms with Crippen molar-refractivity contribution >= 4 is 39.7 Å². The van der Waals surface area contributed by atoms with E-state index >= 15 is 0 Å². The zero-order valence-corrected chi connectivity index (χ0v) is 17.5. The van der Waals surface area contributed by atoms with Gasteiger partial charge < -0.3 is 21.3 Å². The van der Waals surface area contributed by atoms with Gasteiger partial charge in [-0.15, -0.1) is 0 Å².